The molecule has 3 rings (SSSR count). The van der Waals surface area contributed by atoms with Gasteiger partial charge in [0.25, 0.3) is 34.6 Å². The van der Waals surface area contributed by atoms with Crippen LogP contribution in [0.5, 0.6) is 0 Å². The average Bonchev–Trinajstić information content (AvgIpc) is 2.97. The summed E-state index contributed by atoms with van der Waals surface area (Å²) in [6.45, 7) is 5.03. The van der Waals surface area contributed by atoms with Gasteiger partial charge in [-0.25, -0.2) is 0 Å². The molecule has 1 fully saturated rings. The maximum Gasteiger partial charge on any atom is 0.277 e. The van der Waals surface area contributed by atoms with E-state index >= 15 is 0 Å². The lowest BCUT2D eigenvalue weighted by Gasteiger charge is -2.34. The summed E-state index contributed by atoms with van der Waals surface area (Å²) >= 11 is 0. The summed E-state index contributed by atoms with van der Waals surface area (Å²) < 4.78 is 0. The van der Waals surface area contributed by atoms with Crippen molar-refractivity contribution in [3.05, 3.63) is 88.0 Å². The molecular weight excluding hydrogens is 560 g/mol. The second kappa shape index (κ2) is 14.5. The predicted octanol–water partition coefficient (Wildman–Crippen LogP) is 1.88. The monoisotopic (exact) mass is 588 g/mol. The van der Waals surface area contributed by atoms with E-state index in [9.17, 15) is 50.0 Å². The Hall–Kier alpha value is -5.10. The molecule has 1 saturated heterocycles. The Kier molecular flexibility index (Phi) is 10.9. The molecule has 18 heteroatoms. The van der Waals surface area contributed by atoms with E-state index in [2.05, 4.69) is 20.4 Å². The van der Waals surface area contributed by atoms with Crippen molar-refractivity contribution >= 4 is 34.6 Å². The van der Waals surface area contributed by atoms with Crippen LogP contribution in [-0.4, -0.2) is 93.7 Å². The molecule has 2 aromatic rings. The van der Waals surface area contributed by atoms with E-state index < -0.39 is 54.3 Å². The fraction of sp³-hybridized carbons (Fsp3) is 0.417. The van der Waals surface area contributed by atoms with Crippen molar-refractivity contribution in [3.8, 4) is 0 Å². The maximum atomic E-state index is 12.4. The SMILES string of the molecule is O=C(NCCCN1CCN(CCCNC(=O)c2cc([N+](=O)[O-])cc([N+](=O)[O-])c2)CC1)c1cc([N+](=O)[O-])cc([N+](=O)[O-])c1. The van der Waals surface area contributed by atoms with Gasteiger partial charge in [0.15, 0.2) is 0 Å². The van der Waals surface area contributed by atoms with Crippen molar-refractivity contribution in [1.29, 1.82) is 0 Å². The number of hydrogen-bond donors (Lipinski definition) is 2. The fourth-order valence-electron chi connectivity index (χ4n) is 4.32. The number of nitrogens with zero attached hydrogens (tertiary/aromatic N) is 6. The van der Waals surface area contributed by atoms with Crippen molar-refractivity contribution in [3.63, 3.8) is 0 Å². The van der Waals surface area contributed by atoms with Crippen LogP contribution in [0.15, 0.2) is 36.4 Å². The van der Waals surface area contributed by atoms with Crippen LogP contribution in [0.3, 0.4) is 0 Å². The summed E-state index contributed by atoms with van der Waals surface area (Å²) in [5, 5.41) is 49.3. The van der Waals surface area contributed by atoms with E-state index in [1.807, 2.05) is 0 Å². The molecular formula is C24H28N8O10. The molecule has 0 atom stereocenters. The molecule has 224 valence electrons. The number of nitro benzene ring substituents is 4. The third-order valence-corrected chi connectivity index (χ3v) is 6.51. The highest BCUT2D eigenvalue weighted by Gasteiger charge is 2.22. The number of nitro groups is 4. The lowest BCUT2D eigenvalue weighted by molar-refractivity contribution is -0.394. The highest BCUT2D eigenvalue weighted by Crippen LogP contribution is 2.23. The molecule has 0 saturated carbocycles. The zero-order valence-corrected chi connectivity index (χ0v) is 22.3. The van der Waals surface area contributed by atoms with Gasteiger partial charge in [0, 0.05) is 63.5 Å². The Labute approximate surface area is 237 Å². The second-order valence-corrected chi connectivity index (χ2v) is 9.41. The van der Waals surface area contributed by atoms with Gasteiger partial charge in [-0.1, -0.05) is 0 Å². The number of benzene rings is 2. The number of piperazine rings is 1. The van der Waals surface area contributed by atoms with Gasteiger partial charge in [-0.15, -0.1) is 0 Å². The van der Waals surface area contributed by atoms with E-state index in [0.717, 1.165) is 62.6 Å². The number of rotatable bonds is 14. The molecule has 0 aliphatic carbocycles. The Morgan fingerprint density at radius 2 is 0.857 bits per heavy atom. The number of non-ortho nitro benzene ring substituents is 4. The van der Waals surface area contributed by atoms with Gasteiger partial charge in [-0.2, -0.15) is 0 Å². The Bertz CT molecular complexity index is 1210. The van der Waals surface area contributed by atoms with Gasteiger partial charge in [0.05, 0.1) is 43.0 Å². The standard InChI is InChI=1S/C24H28N8O10/c33-23(17-11-19(29(35)36)15-20(12-17)30(37)38)25-3-1-5-27-7-9-28(10-8-27)6-2-4-26-24(34)18-13-21(31(39)40)16-22(14-18)32(41)42/h11-16H,1-10H2,(H,25,33)(H,26,34). The molecule has 42 heavy (non-hydrogen) atoms. The minimum Gasteiger partial charge on any atom is -0.352 e. The molecule has 1 heterocycles. The molecule has 0 unspecified atom stereocenters. The Morgan fingerprint density at radius 1 is 0.571 bits per heavy atom. The quantitative estimate of drug-likeness (QED) is 0.183. The van der Waals surface area contributed by atoms with Gasteiger partial charge >= 0.3 is 0 Å². The highest BCUT2D eigenvalue weighted by molar-refractivity contribution is 5.96. The predicted molar refractivity (Wildman–Crippen MR) is 146 cm³/mol. The first kappa shape index (κ1) is 31.4. The summed E-state index contributed by atoms with van der Waals surface area (Å²) in [4.78, 5) is 70.0. The van der Waals surface area contributed by atoms with E-state index in [0.29, 0.717) is 25.9 Å². The molecule has 2 aromatic carbocycles. The molecule has 2 N–H and O–H groups in total. The normalized spacial score (nSPS) is 13.7. The summed E-state index contributed by atoms with van der Waals surface area (Å²) in [6.07, 6.45) is 1.20. The minimum absolute atomic E-state index is 0.160. The lowest BCUT2D eigenvalue weighted by Crippen LogP contribution is -2.47. The molecule has 0 radical (unpaired) electrons. The lowest BCUT2D eigenvalue weighted by atomic mass is 10.1. The summed E-state index contributed by atoms with van der Waals surface area (Å²) in [5.41, 5.74) is -2.47. The number of carbonyl (C=O) groups excluding carboxylic acids is 2. The number of nitrogens with one attached hydrogen (secondary N) is 2. The van der Waals surface area contributed by atoms with E-state index in [-0.39, 0.29) is 24.2 Å². The van der Waals surface area contributed by atoms with E-state index in [4.69, 9.17) is 0 Å². The van der Waals surface area contributed by atoms with Crippen molar-refractivity contribution in [2.75, 3.05) is 52.4 Å². The topological polar surface area (TPSA) is 237 Å². The van der Waals surface area contributed by atoms with Crippen LogP contribution in [0.4, 0.5) is 22.7 Å². The highest BCUT2D eigenvalue weighted by atomic mass is 16.6. The van der Waals surface area contributed by atoms with Gasteiger partial charge in [-0.05, 0) is 25.9 Å². The van der Waals surface area contributed by atoms with E-state index in [1.165, 1.54) is 0 Å². The Balaban J connectivity index is 1.34. The average molecular weight is 589 g/mol. The van der Waals surface area contributed by atoms with Crippen LogP contribution in [-0.2, 0) is 0 Å². The summed E-state index contributed by atoms with van der Waals surface area (Å²) in [7, 11) is 0. The summed E-state index contributed by atoms with van der Waals surface area (Å²) in [5.74, 6) is -1.27. The zero-order valence-electron chi connectivity index (χ0n) is 22.3. The summed E-state index contributed by atoms with van der Waals surface area (Å²) in [6, 6.07) is 5.56. The van der Waals surface area contributed by atoms with Crippen molar-refractivity contribution in [1.82, 2.24) is 20.4 Å². The van der Waals surface area contributed by atoms with Crippen LogP contribution >= 0.6 is 0 Å². The maximum absolute atomic E-state index is 12.4. The minimum atomic E-state index is -0.796. The first-order chi connectivity index (χ1) is 19.9. The fourth-order valence-corrected chi connectivity index (χ4v) is 4.32. The second-order valence-electron chi connectivity index (χ2n) is 9.41. The van der Waals surface area contributed by atoms with Crippen LogP contribution in [0.1, 0.15) is 33.6 Å². The van der Waals surface area contributed by atoms with Crippen LogP contribution in [0.25, 0.3) is 0 Å². The first-order valence-electron chi connectivity index (χ1n) is 12.8. The molecule has 0 aromatic heterocycles. The van der Waals surface area contributed by atoms with E-state index in [1.54, 1.807) is 0 Å². The smallest absolute Gasteiger partial charge is 0.277 e. The zero-order chi connectivity index (χ0) is 30.8. The van der Waals surface area contributed by atoms with Crippen LogP contribution in [0.2, 0.25) is 0 Å². The number of hydrogen-bond acceptors (Lipinski definition) is 12. The van der Waals surface area contributed by atoms with Gasteiger partial charge in [0.1, 0.15) is 0 Å². The molecule has 1 aliphatic rings. The van der Waals surface area contributed by atoms with Gasteiger partial charge in [-0.3, -0.25) is 50.0 Å². The molecule has 1 aliphatic heterocycles. The van der Waals surface area contributed by atoms with Crippen LogP contribution < -0.4 is 10.6 Å². The molecule has 2 amide bonds. The third kappa shape index (κ3) is 8.96. The van der Waals surface area contributed by atoms with Crippen molar-refractivity contribution < 1.29 is 29.3 Å². The molecule has 0 bridgehead atoms. The van der Waals surface area contributed by atoms with Crippen LogP contribution in [0, 0.1) is 40.5 Å². The van der Waals surface area contributed by atoms with Crippen molar-refractivity contribution in [2.45, 2.75) is 12.8 Å². The largest absolute Gasteiger partial charge is 0.352 e. The molecule has 0 spiro atoms. The Morgan fingerprint density at radius 3 is 1.12 bits per heavy atom. The molecule has 18 nitrogen and oxygen atoms in total. The number of carbonyl (C=O) groups is 2. The number of amides is 2. The van der Waals surface area contributed by atoms with Gasteiger partial charge < -0.3 is 20.4 Å². The first-order valence-corrected chi connectivity index (χ1v) is 12.8. The third-order valence-electron chi connectivity index (χ3n) is 6.51. The van der Waals surface area contributed by atoms with Gasteiger partial charge in [0.2, 0.25) is 0 Å². The van der Waals surface area contributed by atoms with Crippen molar-refractivity contribution in [2.24, 2.45) is 0 Å².